The van der Waals surface area contributed by atoms with Gasteiger partial charge in [-0.3, -0.25) is 9.36 Å². The van der Waals surface area contributed by atoms with Crippen LogP contribution in [0.2, 0.25) is 0 Å². The van der Waals surface area contributed by atoms with Crippen molar-refractivity contribution in [1.82, 2.24) is 20.1 Å². The maximum atomic E-state index is 12.3. The van der Waals surface area contributed by atoms with E-state index in [1.54, 1.807) is 0 Å². The number of carbonyl (C=O) groups is 1. The van der Waals surface area contributed by atoms with Crippen LogP contribution < -0.4 is 5.32 Å². The third-order valence-corrected chi connectivity index (χ3v) is 5.94. The number of aromatic nitrogens is 3. The van der Waals surface area contributed by atoms with Gasteiger partial charge in [0.25, 0.3) is 0 Å². The van der Waals surface area contributed by atoms with E-state index < -0.39 is 0 Å². The van der Waals surface area contributed by atoms with Crippen LogP contribution in [-0.2, 0) is 4.79 Å². The van der Waals surface area contributed by atoms with E-state index in [0.29, 0.717) is 11.7 Å². The summed E-state index contributed by atoms with van der Waals surface area (Å²) < 4.78 is 2.02. The topological polar surface area (TPSA) is 59.8 Å². The fraction of sp³-hybridized carbons (Fsp3) is 0.318. The molecule has 28 heavy (non-hydrogen) atoms. The number of aryl methyl sites for hydroxylation is 1. The van der Waals surface area contributed by atoms with Gasteiger partial charge in [-0.2, -0.15) is 0 Å². The highest BCUT2D eigenvalue weighted by atomic mass is 32.2. The fourth-order valence-electron chi connectivity index (χ4n) is 3.20. The Hall–Kier alpha value is -2.60. The second-order valence-electron chi connectivity index (χ2n) is 7.33. The number of thioether (sulfide) groups is 1. The molecular formula is C22H24N4OS. The van der Waals surface area contributed by atoms with E-state index >= 15 is 0 Å². The molecule has 0 saturated heterocycles. The molecular weight excluding hydrogens is 368 g/mol. The van der Waals surface area contributed by atoms with Crippen LogP contribution in [0.1, 0.15) is 25.3 Å². The van der Waals surface area contributed by atoms with Gasteiger partial charge in [-0.1, -0.05) is 59.8 Å². The molecule has 6 heteroatoms. The maximum absolute atomic E-state index is 12.3. The Bertz CT molecular complexity index is 948. The third-order valence-electron chi connectivity index (χ3n) is 5.01. The molecule has 1 aliphatic carbocycles. The molecule has 0 bridgehead atoms. The van der Waals surface area contributed by atoms with Gasteiger partial charge in [0, 0.05) is 17.3 Å². The molecule has 5 nitrogen and oxygen atoms in total. The van der Waals surface area contributed by atoms with Gasteiger partial charge >= 0.3 is 0 Å². The summed E-state index contributed by atoms with van der Waals surface area (Å²) in [5.74, 6) is 1.80. The summed E-state index contributed by atoms with van der Waals surface area (Å²) in [7, 11) is 0. The van der Waals surface area contributed by atoms with Gasteiger partial charge in [0.15, 0.2) is 11.0 Å². The molecule has 1 aliphatic rings. The molecule has 1 fully saturated rings. The van der Waals surface area contributed by atoms with Crippen LogP contribution in [0, 0.1) is 12.8 Å². The van der Waals surface area contributed by atoms with E-state index in [0.717, 1.165) is 22.2 Å². The predicted molar refractivity (Wildman–Crippen MR) is 113 cm³/mol. The number of amides is 1. The van der Waals surface area contributed by atoms with E-state index in [1.165, 1.54) is 30.2 Å². The smallest absolute Gasteiger partial charge is 0.230 e. The van der Waals surface area contributed by atoms with Crippen molar-refractivity contribution in [3.63, 3.8) is 0 Å². The van der Waals surface area contributed by atoms with Crippen molar-refractivity contribution in [2.24, 2.45) is 5.92 Å². The molecule has 4 rings (SSSR count). The zero-order valence-corrected chi connectivity index (χ0v) is 16.9. The molecule has 3 aromatic rings. The Morgan fingerprint density at radius 2 is 1.86 bits per heavy atom. The standard InChI is InChI=1S/C22H24N4OS/c1-15-8-12-19(13-9-15)26-21(18-6-4-3-5-7-18)24-25-22(26)28-14-20(27)23-16(2)17-10-11-17/h3-9,12-13,16-17H,10-11,14H2,1-2H3,(H,23,27)/t16-/m0/s1. The average Bonchev–Trinajstić information content (AvgIpc) is 3.48. The summed E-state index contributed by atoms with van der Waals surface area (Å²) in [5, 5.41) is 12.6. The lowest BCUT2D eigenvalue weighted by Crippen LogP contribution is -2.35. The number of hydrogen-bond acceptors (Lipinski definition) is 4. The largest absolute Gasteiger partial charge is 0.353 e. The molecule has 0 unspecified atom stereocenters. The molecule has 1 heterocycles. The maximum Gasteiger partial charge on any atom is 0.230 e. The lowest BCUT2D eigenvalue weighted by atomic mass is 10.2. The number of nitrogens with one attached hydrogen (secondary N) is 1. The van der Waals surface area contributed by atoms with Crippen LogP contribution in [0.25, 0.3) is 17.1 Å². The molecule has 1 N–H and O–H groups in total. The van der Waals surface area contributed by atoms with Crippen LogP contribution in [0.4, 0.5) is 0 Å². The first kappa shape index (κ1) is 18.7. The number of benzene rings is 2. The Balaban J connectivity index is 1.58. The van der Waals surface area contributed by atoms with Crippen LogP contribution in [0.15, 0.2) is 59.8 Å². The summed E-state index contributed by atoms with van der Waals surface area (Å²) >= 11 is 1.42. The minimum absolute atomic E-state index is 0.0455. The highest BCUT2D eigenvalue weighted by Crippen LogP contribution is 2.32. The minimum Gasteiger partial charge on any atom is -0.353 e. The molecule has 144 valence electrons. The first-order valence-electron chi connectivity index (χ1n) is 9.62. The number of nitrogens with zero attached hydrogens (tertiary/aromatic N) is 3. The van der Waals surface area contributed by atoms with E-state index in [4.69, 9.17) is 0 Å². The van der Waals surface area contributed by atoms with E-state index in [2.05, 4.69) is 53.6 Å². The quantitative estimate of drug-likeness (QED) is 0.611. The Morgan fingerprint density at radius 1 is 1.14 bits per heavy atom. The predicted octanol–water partition coefficient (Wildman–Crippen LogP) is 4.25. The second-order valence-corrected chi connectivity index (χ2v) is 8.27. The Labute approximate surface area is 169 Å². The van der Waals surface area contributed by atoms with E-state index in [9.17, 15) is 4.79 Å². The molecule has 0 spiro atoms. The summed E-state index contributed by atoms with van der Waals surface area (Å²) in [6.07, 6.45) is 2.44. The van der Waals surface area contributed by atoms with E-state index in [1.807, 2.05) is 34.9 Å². The van der Waals surface area contributed by atoms with Gasteiger partial charge in [-0.25, -0.2) is 0 Å². The second kappa shape index (κ2) is 8.19. The van der Waals surface area contributed by atoms with Crippen LogP contribution in [0.3, 0.4) is 0 Å². The average molecular weight is 393 g/mol. The molecule has 1 atom stereocenters. The molecule has 1 saturated carbocycles. The SMILES string of the molecule is Cc1ccc(-n2c(SCC(=O)N[C@@H](C)C3CC3)nnc2-c2ccccc2)cc1. The molecule has 2 aromatic carbocycles. The van der Waals surface area contributed by atoms with Crippen molar-refractivity contribution in [2.75, 3.05) is 5.75 Å². The number of carbonyl (C=O) groups excluding carboxylic acids is 1. The van der Waals surface area contributed by atoms with Gasteiger partial charge in [-0.15, -0.1) is 10.2 Å². The molecule has 0 radical (unpaired) electrons. The Kier molecular flexibility index (Phi) is 5.48. The van der Waals surface area contributed by atoms with E-state index in [-0.39, 0.29) is 11.9 Å². The summed E-state index contributed by atoms with van der Waals surface area (Å²) in [6, 6.07) is 18.5. The van der Waals surface area contributed by atoms with Crippen molar-refractivity contribution in [3.05, 3.63) is 60.2 Å². The number of rotatable bonds is 7. The Morgan fingerprint density at radius 3 is 2.54 bits per heavy atom. The van der Waals surface area contributed by atoms with Crippen LogP contribution in [-0.4, -0.2) is 32.5 Å². The van der Waals surface area contributed by atoms with Gasteiger partial charge in [-0.05, 0) is 44.7 Å². The van der Waals surface area contributed by atoms with Crippen LogP contribution in [0.5, 0.6) is 0 Å². The molecule has 1 amide bonds. The minimum atomic E-state index is 0.0455. The highest BCUT2D eigenvalue weighted by molar-refractivity contribution is 7.99. The van der Waals surface area contributed by atoms with Gasteiger partial charge in [0.05, 0.1) is 5.75 Å². The highest BCUT2D eigenvalue weighted by Gasteiger charge is 2.29. The summed E-state index contributed by atoms with van der Waals surface area (Å²) in [4.78, 5) is 12.3. The lowest BCUT2D eigenvalue weighted by molar-refractivity contribution is -0.119. The summed E-state index contributed by atoms with van der Waals surface area (Å²) in [5.41, 5.74) is 3.18. The third kappa shape index (κ3) is 4.28. The first-order chi connectivity index (χ1) is 13.6. The van der Waals surface area contributed by atoms with Crippen molar-refractivity contribution in [1.29, 1.82) is 0 Å². The zero-order valence-electron chi connectivity index (χ0n) is 16.1. The van der Waals surface area contributed by atoms with Gasteiger partial charge in [0.2, 0.25) is 5.91 Å². The monoisotopic (exact) mass is 392 g/mol. The van der Waals surface area contributed by atoms with Gasteiger partial charge in [0.1, 0.15) is 0 Å². The van der Waals surface area contributed by atoms with Crippen molar-refractivity contribution >= 4 is 17.7 Å². The lowest BCUT2D eigenvalue weighted by Gasteiger charge is -2.13. The van der Waals surface area contributed by atoms with Crippen molar-refractivity contribution in [3.8, 4) is 17.1 Å². The zero-order chi connectivity index (χ0) is 19.5. The number of hydrogen-bond donors (Lipinski definition) is 1. The normalized spacial score (nSPS) is 14.6. The molecule has 1 aromatic heterocycles. The summed E-state index contributed by atoms with van der Waals surface area (Å²) in [6.45, 7) is 4.15. The van der Waals surface area contributed by atoms with Crippen molar-refractivity contribution in [2.45, 2.75) is 37.9 Å². The van der Waals surface area contributed by atoms with Gasteiger partial charge < -0.3 is 5.32 Å². The van der Waals surface area contributed by atoms with Crippen LogP contribution >= 0.6 is 11.8 Å². The molecule has 0 aliphatic heterocycles. The fourth-order valence-corrected chi connectivity index (χ4v) is 3.97. The van der Waals surface area contributed by atoms with Crippen molar-refractivity contribution < 1.29 is 4.79 Å². The first-order valence-corrected chi connectivity index (χ1v) is 10.6.